The molecule has 0 saturated carbocycles. The molecule has 18 heavy (non-hydrogen) atoms. The number of benzene rings is 2. The Hall–Kier alpha value is -1.42. The molecule has 0 unspecified atom stereocenters. The standard InChI is InChI=1S/C14H15BrO3/c1-17-14-12-5-4-11(16)9-10(12)3-6-13(14)18-8-2-7-15/h3-6,9,16H,2,7-8H2,1H3. The van der Waals surface area contributed by atoms with E-state index >= 15 is 0 Å². The fourth-order valence-electron chi connectivity index (χ4n) is 1.83. The molecule has 1 N–H and O–H groups in total. The first-order chi connectivity index (χ1) is 8.76. The van der Waals surface area contributed by atoms with Crippen LogP contribution in [0.25, 0.3) is 10.8 Å². The maximum absolute atomic E-state index is 9.46. The van der Waals surface area contributed by atoms with Crippen molar-refractivity contribution in [2.45, 2.75) is 6.42 Å². The maximum Gasteiger partial charge on any atom is 0.168 e. The monoisotopic (exact) mass is 310 g/mol. The van der Waals surface area contributed by atoms with E-state index in [2.05, 4.69) is 15.9 Å². The molecule has 0 saturated heterocycles. The highest BCUT2D eigenvalue weighted by Gasteiger charge is 2.09. The van der Waals surface area contributed by atoms with E-state index < -0.39 is 0 Å². The summed E-state index contributed by atoms with van der Waals surface area (Å²) in [4.78, 5) is 0. The van der Waals surface area contributed by atoms with Crippen LogP contribution in [0.15, 0.2) is 30.3 Å². The van der Waals surface area contributed by atoms with Crippen LogP contribution in [0, 0.1) is 0 Å². The molecular formula is C14H15BrO3. The first kappa shape index (κ1) is 13.0. The van der Waals surface area contributed by atoms with E-state index in [0.29, 0.717) is 12.4 Å². The second-order valence-corrected chi connectivity index (χ2v) is 4.69. The molecule has 2 aromatic rings. The third-order valence-electron chi connectivity index (χ3n) is 2.66. The van der Waals surface area contributed by atoms with E-state index in [-0.39, 0.29) is 5.75 Å². The van der Waals surface area contributed by atoms with Gasteiger partial charge in [0.25, 0.3) is 0 Å². The minimum Gasteiger partial charge on any atom is -0.508 e. The number of rotatable bonds is 5. The van der Waals surface area contributed by atoms with Gasteiger partial charge in [0.1, 0.15) is 5.75 Å². The van der Waals surface area contributed by atoms with Crippen LogP contribution in [0.5, 0.6) is 17.2 Å². The van der Waals surface area contributed by atoms with Gasteiger partial charge >= 0.3 is 0 Å². The summed E-state index contributed by atoms with van der Waals surface area (Å²) in [6.45, 7) is 0.644. The lowest BCUT2D eigenvalue weighted by molar-refractivity contribution is 0.297. The molecule has 0 atom stereocenters. The Balaban J connectivity index is 2.39. The minimum absolute atomic E-state index is 0.248. The quantitative estimate of drug-likeness (QED) is 0.675. The average Bonchev–Trinajstić information content (AvgIpc) is 2.38. The van der Waals surface area contributed by atoms with E-state index in [1.807, 2.05) is 18.2 Å². The van der Waals surface area contributed by atoms with Gasteiger partial charge in [-0.15, -0.1) is 0 Å². The van der Waals surface area contributed by atoms with Gasteiger partial charge < -0.3 is 14.6 Å². The van der Waals surface area contributed by atoms with Crippen LogP contribution in [-0.2, 0) is 0 Å². The van der Waals surface area contributed by atoms with Crippen molar-refractivity contribution < 1.29 is 14.6 Å². The second-order valence-electron chi connectivity index (χ2n) is 3.89. The summed E-state index contributed by atoms with van der Waals surface area (Å²) in [6, 6.07) is 8.98. The fraction of sp³-hybridized carbons (Fsp3) is 0.286. The fourth-order valence-corrected chi connectivity index (χ4v) is 2.06. The molecule has 0 aliphatic rings. The summed E-state index contributed by atoms with van der Waals surface area (Å²) in [5, 5.41) is 12.2. The molecule has 3 nitrogen and oxygen atoms in total. The Labute approximate surface area is 114 Å². The highest BCUT2D eigenvalue weighted by atomic mass is 79.9. The van der Waals surface area contributed by atoms with E-state index in [0.717, 1.165) is 28.3 Å². The lowest BCUT2D eigenvalue weighted by Gasteiger charge is -2.12. The zero-order chi connectivity index (χ0) is 13.0. The highest BCUT2D eigenvalue weighted by molar-refractivity contribution is 9.09. The van der Waals surface area contributed by atoms with Crippen LogP contribution in [0.1, 0.15) is 6.42 Å². The van der Waals surface area contributed by atoms with Gasteiger partial charge in [0.15, 0.2) is 11.5 Å². The number of hydrogen-bond donors (Lipinski definition) is 1. The molecule has 2 aromatic carbocycles. The van der Waals surface area contributed by atoms with Crippen molar-refractivity contribution in [2.75, 3.05) is 19.0 Å². The van der Waals surface area contributed by atoms with Gasteiger partial charge in [0.05, 0.1) is 13.7 Å². The largest absolute Gasteiger partial charge is 0.508 e. The Kier molecular flexibility index (Phi) is 4.31. The van der Waals surface area contributed by atoms with Gasteiger partial charge in [0.2, 0.25) is 0 Å². The maximum atomic E-state index is 9.46. The van der Waals surface area contributed by atoms with Gasteiger partial charge in [-0.3, -0.25) is 0 Å². The number of fused-ring (bicyclic) bond motifs is 1. The Morgan fingerprint density at radius 3 is 2.78 bits per heavy atom. The Bertz CT molecular complexity index is 540. The first-order valence-corrected chi connectivity index (χ1v) is 6.87. The van der Waals surface area contributed by atoms with Gasteiger partial charge in [-0.05, 0) is 36.1 Å². The number of ether oxygens (including phenoxy) is 2. The first-order valence-electron chi connectivity index (χ1n) is 5.74. The summed E-state index contributed by atoms with van der Waals surface area (Å²) >= 11 is 3.37. The molecule has 2 rings (SSSR count). The van der Waals surface area contributed by atoms with Crippen molar-refractivity contribution in [3.63, 3.8) is 0 Å². The minimum atomic E-state index is 0.248. The van der Waals surface area contributed by atoms with E-state index in [9.17, 15) is 5.11 Å². The zero-order valence-corrected chi connectivity index (χ0v) is 11.7. The smallest absolute Gasteiger partial charge is 0.168 e. The Morgan fingerprint density at radius 2 is 2.06 bits per heavy atom. The van der Waals surface area contributed by atoms with Crippen molar-refractivity contribution in [3.8, 4) is 17.2 Å². The van der Waals surface area contributed by atoms with Gasteiger partial charge in [-0.1, -0.05) is 22.0 Å². The molecule has 0 aliphatic carbocycles. The number of methoxy groups -OCH3 is 1. The number of halogens is 1. The van der Waals surface area contributed by atoms with Crippen LogP contribution in [0.4, 0.5) is 0 Å². The summed E-state index contributed by atoms with van der Waals surface area (Å²) in [6.07, 6.45) is 0.941. The van der Waals surface area contributed by atoms with Crippen molar-refractivity contribution in [2.24, 2.45) is 0 Å². The molecule has 0 radical (unpaired) electrons. The molecule has 0 fully saturated rings. The van der Waals surface area contributed by atoms with Crippen molar-refractivity contribution in [1.82, 2.24) is 0 Å². The SMILES string of the molecule is COc1c(OCCCBr)ccc2cc(O)ccc12. The van der Waals surface area contributed by atoms with E-state index in [1.54, 1.807) is 19.2 Å². The van der Waals surface area contributed by atoms with Crippen molar-refractivity contribution in [1.29, 1.82) is 0 Å². The topological polar surface area (TPSA) is 38.7 Å². The third kappa shape index (κ3) is 2.70. The number of phenolic OH excluding ortho intramolecular Hbond substituents is 1. The highest BCUT2D eigenvalue weighted by Crippen LogP contribution is 2.36. The molecular weight excluding hydrogens is 296 g/mol. The van der Waals surface area contributed by atoms with Crippen molar-refractivity contribution >= 4 is 26.7 Å². The molecule has 0 amide bonds. The average molecular weight is 311 g/mol. The Morgan fingerprint density at radius 1 is 1.22 bits per heavy atom. The number of phenols is 1. The van der Waals surface area contributed by atoms with Crippen LogP contribution in [-0.4, -0.2) is 24.2 Å². The zero-order valence-electron chi connectivity index (χ0n) is 10.1. The predicted octanol–water partition coefficient (Wildman–Crippen LogP) is 3.72. The molecule has 0 bridgehead atoms. The summed E-state index contributed by atoms with van der Waals surface area (Å²) in [7, 11) is 1.62. The third-order valence-corrected chi connectivity index (χ3v) is 3.22. The number of aromatic hydroxyl groups is 1. The van der Waals surface area contributed by atoms with Crippen LogP contribution < -0.4 is 9.47 Å². The molecule has 96 valence electrons. The molecule has 0 aromatic heterocycles. The number of alkyl halides is 1. The van der Waals surface area contributed by atoms with E-state index in [4.69, 9.17) is 9.47 Å². The predicted molar refractivity (Wildman–Crippen MR) is 76.1 cm³/mol. The summed E-state index contributed by atoms with van der Waals surface area (Å²) < 4.78 is 11.1. The molecule has 4 heteroatoms. The lowest BCUT2D eigenvalue weighted by Crippen LogP contribution is -2.00. The number of hydrogen-bond acceptors (Lipinski definition) is 3. The molecule has 0 heterocycles. The van der Waals surface area contributed by atoms with Gasteiger partial charge in [-0.25, -0.2) is 0 Å². The van der Waals surface area contributed by atoms with Crippen molar-refractivity contribution in [3.05, 3.63) is 30.3 Å². The second kappa shape index (κ2) is 5.96. The molecule has 0 aliphatic heterocycles. The van der Waals surface area contributed by atoms with Crippen LogP contribution >= 0.6 is 15.9 Å². The summed E-state index contributed by atoms with van der Waals surface area (Å²) in [5.41, 5.74) is 0. The van der Waals surface area contributed by atoms with E-state index in [1.165, 1.54) is 0 Å². The van der Waals surface area contributed by atoms with Gasteiger partial charge in [0, 0.05) is 10.7 Å². The lowest BCUT2D eigenvalue weighted by atomic mass is 10.1. The molecule has 0 spiro atoms. The van der Waals surface area contributed by atoms with Gasteiger partial charge in [-0.2, -0.15) is 0 Å². The normalized spacial score (nSPS) is 10.6. The van der Waals surface area contributed by atoms with Crippen LogP contribution in [0.3, 0.4) is 0 Å². The van der Waals surface area contributed by atoms with Crippen LogP contribution in [0.2, 0.25) is 0 Å². The summed E-state index contributed by atoms with van der Waals surface area (Å²) in [5.74, 6) is 1.69.